The lowest BCUT2D eigenvalue weighted by molar-refractivity contribution is 0.0530. The maximum atomic E-state index is 5.30. The van der Waals surface area contributed by atoms with Gasteiger partial charge in [-0.25, -0.2) is 4.98 Å². The van der Waals surface area contributed by atoms with E-state index in [-0.39, 0.29) is 6.10 Å². The Labute approximate surface area is 91.8 Å². The van der Waals surface area contributed by atoms with Gasteiger partial charge in [0.05, 0.1) is 12.7 Å². The fourth-order valence-corrected chi connectivity index (χ4v) is 1.08. The van der Waals surface area contributed by atoms with E-state index >= 15 is 0 Å². The van der Waals surface area contributed by atoms with Gasteiger partial charge in [0.1, 0.15) is 11.2 Å². The van der Waals surface area contributed by atoms with Gasteiger partial charge in [0.25, 0.3) is 0 Å². The number of aromatic nitrogens is 2. The van der Waals surface area contributed by atoms with Crippen LogP contribution in [0.15, 0.2) is 16.9 Å². The van der Waals surface area contributed by atoms with Gasteiger partial charge in [0.15, 0.2) is 0 Å². The van der Waals surface area contributed by atoms with Crippen LogP contribution in [0, 0.1) is 0 Å². The van der Waals surface area contributed by atoms with Crippen LogP contribution in [0.25, 0.3) is 0 Å². The van der Waals surface area contributed by atoms with E-state index < -0.39 is 0 Å². The van der Waals surface area contributed by atoms with Gasteiger partial charge in [-0.2, -0.15) is 4.98 Å². The number of hydrogen-bond acceptors (Lipinski definition) is 4. The molecule has 4 nitrogen and oxygen atoms in total. The molecule has 0 radical (unpaired) electrons. The Bertz CT molecular complexity index is 281. The zero-order valence-corrected chi connectivity index (χ0v) is 9.82. The second-order valence-electron chi connectivity index (χ2n) is 2.93. The highest BCUT2D eigenvalue weighted by molar-refractivity contribution is 9.10. The molecule has 5 heteroatoms. The van der Waals surface area contributed by atoms with Gasteiger partial charge in [0, 0.05) is 6.20 Å². The molecule has 78 valence electrons. The van der Waals surface area contributed by atoms with Crippen molar-refractivity contribution in [2.75, 3.05) is 13.2 Å². The van der Waals surface area contributed by atoms with Crippen LogP contribution in [0.2, 0.25) is 0 Å². The third-order valence-electron chi connectivity index (χ3n) is 1.37. The van der Waals surface area contributed by atoms with Crippen molar-refractivity contribution in [2.45, 2.75) is 20.0 Å². The van der Waals surface area contributed by atoms with Gasteiger partial charge in [-0.05, 0) is 35.8 Å². The van der Waals surface area contributed by atoms with Gasteiger partial charge in [-0.1, -0.05) is 0 Å². The smallest absolute Gasteiger partial charge is 0.317 e. The summed E-state index contributed by atoms with van der Waals surface area (Å²) < 4.78 is 11.3. The molecule has 0 N–H and O–H groups in total. The summed E-state index contributed by atoms with van der Waals surface area (Å²) in [4.78, 5) is 7.95. The molecule has 0 aromatic carbocycles. The lowest BCUT2D eigenvalue weighted by atomic mass is 10.5. The molecule has 0 aliphatic rings. The van der Waals surface area contributed by atoms with Crippen LogP contribution < -0.4 is 4.74 Å². The molecule has 0 fully saturated rings. The predicted octanol–water partition coefficient (Wildman–Crippen LogP) is 2.04. The quantitative estimate of drug-likeness (QED) is 0.601. The molecule has 1 aromatic heterocycles. The van der Waals surface area contributed by atoms with Crippen molar-refractivity contribution in [1.82, 2.24) is 9.97 Å². The highest BCUT2D eigenvalue weighted by Gasteiger charge is 1.98. The van der Waals surface area contributed by atoms with Crippen LogP contribution in [0.1, 0.15) is 13.8 Å². The van der Waals surface area contributed by atoms with E-state index in [1.165, 1.54) is 0 Å². The summed E-state index contributed by atoms with van der Waals surface area (Å²) in [5.74, 6) is 0. The van der Waals surface area contributed by atoms with Crippen LogP contribution in [-0.4, -0.2) is 29.3 Å². The number of nitrogens with zero attached hydrogens (tertiary/aromatic N) is 2. The largest absolute Gasteiger partial charge is 0.461 e. The molecule has 1 rings (SSSR count). The highest BCUT2D eigenvalue weighted by Crippen LogP contribution is 2.08. The molecule has 0 bridgehead atoms. The Hall–Kier alpha value is -0.680. The summed E-state index contributed by atoms with van der Waals surface area (Å²) in [5, 5.41) is 0. The summed E-state index contributed by atoms with van der Waals surface area (Å²) in [6.07, 6.45) is 1.86. The van der Waals surface area contributed by atoms with Crippen LogP contribution >= 0.6 is 15.9 Å². The zero-order chi connectivity index (χ0) is 10.4. The van der Waals surface area contributed by atoms with Crippen LogP contribution in [0.3, 0.4) is 0 Å². The number of hydrogen-bond donors (Lipinski definition) is 0. The minimum absolute atomic E-state index is 0.224. The van der Waals surface area contributed by atoms with E-state index in [0.29, 0.717) is 23.8 Å². The SMILES string of the molecule is CC(C)OCCOc1nccc(Br)n1. The lowest BCUT2D eigenvalue weighted by Gasteiger charge is -2.07. The number of rotatable bonds is 5. The Morgan fingerprint density at radius 2 is 2.21 bits per heavy atom. The Balaban J connectivity index is 2.25. The minimum atomic E-state index is 0.224. The molecule has 0 atom stereocenters. The summed E-state index contributed by atoms with van der Waals surface area (Å²) in [6.45, 7) is 4.98. The number of ether oxygens (including phenoxy) is 2. The molecule has 0 unspecified atom stereocenters. The molecular weight excluding hydrogens is 248 g/mol. The monoisotopic (exact) mass is 260 g/mol. The van der Waals surface area contributed by atoms with Crippen molar-refractivity contribution in [3.63, 3.8) is 0 Å². The fraction of sp³-hybridized carbons (Fsp3) is 0.556. The summed E-state index contributed by atoms with van der Waals surface area (Å²) in [7, 11) is 0. The van der Waals surface area contributed by atoms with E-state index in [0.717, 1.165) is 0 Å². The molecule has 0 saturated carbocycles. The molecule has 14 heavy (non-hydrogen) atoms. The molecular formula is C9H13BrN2O2. The average molecular weight is 261 g/mol. The summed E-state index contributed by atoms with van der Waals surface area (Å²) in [6, 6.07) is 2.11. The summed E-state index contributed by atoms with van der Waals surface area (Å²) in [5.41, 5.74) is 0. The molecule has 0 aliphatic carbocycles. The van der Waals surface area contributed by atoms with E-state index in [1.807, 2.05) is 13.8 Å². The Kier molecular flexibility index (Phi) is 4.82. The topological polar surface area (TPSA) is 44.2 Å². The van der Waals surface area contributed by atoms with Crippen LogP contribution in [0.5, 0.6) is 6.01 Å². The van der Waals surface area contributed by atoms with Gasteiger partial charge in [0.2, 0.25) is 0 Å². The third-order valence-corrected chi connectivity index (χ3v) is 1.81. The van der Waals surface area contributed by atoms with Gasteiger partial charge in [-0.3, -0.25) is 0 Å². The first kappa shape index (κ1) is 11.4. The van der Waals surface area contributed by atoms with E-state index in [1.54, 1.807) is 12.3 Å². The molecule has 0 aliphatic heterocycles. The highest BCUT2D eigenvalue weighted by atomic mass is 79.9. The maximum Gasteiger partial charge on any atom is 0.317 e. The maximum absolute atomic E-state index is 5.30. The second-order valence-corrected chi connectivity index (χ2v) is 3.74. The van der Waals surface area contributed by atoms with E-state index in [9.17, 15) is 0 Å². The number of halogens is 1. The van der Waals surface area contributed by atoms with Gasteiger partial charge in [-0.15, -0.1) is 0 Å². The first-order valence-corrected chi connectivity index (χ1v) is 5.20. The molecule has 1 heterocycles. The van der Waals surface area contributed by atoms with Crippen LogP contribution in [0.4, 0.5) is 0 Å². The van der Waals surface area contributed by atoms with E-state index in [4.69, 9.17) is 9.47 Å². The molecule has 0 amide bonds. The Morgan fingerprint density at radius 3 is 2.86 bits per heavy atom. The Morgan fingerprint density at radius 1 is 1.43 bits per heavy atom. The standard InChI is InChI=1S/C9H13BrN2O2/c1-7(2)13-5-6-14-9-11-4-3-8(10)12-9/h3-4,7H,5-6H2,1-2H3. The third kappa shape index (κ3) is 4.53. The minimum Gasteiger partial charge on any atom is -0.461 e. The second kappa shape index (κ2) is 5.93. The van der Waals surface area contributed by atoms with Gasteiger partial charge < -0.3 is 9.47 Å². The first-order valence-electron chi connectivity index (χ1n) is 4.41. The van der Waals surface area contributed by atoms with Crippen molar-refractivity contribution < 1.29 is 9.47 Å². The van der Waals surface area contributed by atoms with E-state index in [2.05, 4.69) is 25.9 Å². The normalized spacial score (nSPS) is 10.6. The first-order chi connectivity index (χ1) is 6.68. The molecule has 0 spiro atoms. The van der Waals surface area contributed by atoms with Crippen molar-refractivity contribution in [3.8, 4) is 6.01 Å². The fourth-order valence-electron chi connectivity index (χ4n) is 0.806. The predicted molar refractivity (Wildman–Crippen MR) is 56.3 cm³/mol. The van der Waals surface area contributed by atoms with Crippen molar-refractivity contribution in [3.05, 3.63) is 16.9 Å². The van der Waals surface area contributed by atoms with Crippen molar-refractivity contribution in [2.24, 2.45) is 0 Å². The van der Waals surface area contributed by atoms with Crippen molar-refractivity contribution in [1.29, 1.82) is 0 Å². The lowest BCUT2D eigenvalue weighted by Crippen LogP contribution is -2.12. The summed E-state index contributed by atoms with van der Waals surface area (Å²) >= 11 is 3.23. The van der Waals surface area contributed by atoms with Crippen LogP contribution in [-0.2, 0) is 4.74 Å². The van der Waals surface area contributed by atoms with Crippen molar-refractivity contribution >= 4 is 15.9 Å². The van der Waals surface area contributed by atoms with Gasteiger partial charge >= 0.3 is 6.01 Å². The molecule has 1 aromatic rings. The average Bonchev–Trinajstić information content (AvgIpc) is 2.12. The zero-order valence-electron chi connectivity index (χ0n) is 8.24. The molecule has 0 saturated heterocycles.